The highest BCUT2D eigenvalue weighted by atomic mass is 32.1. The molecule has 2 N–H and O–H groups in total. The number of phenolic OH excluding ortho intramolecular Hbond substituents is 1. The van der Waals surface area contributed by atoms with Gasteiger partial charge >= 0.3 is 5.91 Å². The van der Waals surface area contributed by atoms with Crippen LogP contribution in [0.3, 0.4) is 0 Å². The largest absolute Gasteiger partial charge is 0.508 e. The number of carbonyl (C=O) groups excluding carboxylic acids is 2. The lowest BCUT2D eigenvalue weighted by Gasteiger charge is -2.23. The fraction of sp³-hybridized carbons (Fsp3) is 0.208. The Morgan fingerprint density at radius 1 is 1.19 bits per heavy atom. The van der Waals surface area contributed by atoms with Gasteiger partial charge in [0.25, 0.3) is 5.78 Å². The fourth-order valence-corrected chi connectivity index (χ4v) is 4.27. The highest BCUT2D eigenvalue weighted by Gasteiger charge is 2.48. The zero-order chi connectivity index (χ0) is 22.7. The van der Waals surface area contributed by atoms with Gasteiger partial charge in [0, 0.05) is 17.1 Å². The van der Waals surface area contributed by atoms with Crippen molar-refractivity contribution in [1.29, 1.82) is 0 Å². The summed E-state index contributed by atoms with van der Waals surface area (Å²) < 4.78 is 5.72. The van der Waals surface area contributed by atoms with E-state index >= 15 is 0 Å². The van der Waals surface area contributed by atoms with Gasteiger partial charge in [-0.05, 0) is 36.2 Å². The summed E-state index contributed by atoms with van der Waals surface area (Å²) >= 11 is 1.21. The van der Waals surface area contributed by atoms with Crippen molar-refractivity contribution < 1.29 is 24.5 Å². The van der Waals surface area contributed by atoms with E-state index in [-0.39, 0.29) is 17.1 Å². The lowest BCUT2D eigenvalue weighted by Crippen LogP contribution is -2.29. The summed E-state index contributed by atoms with van der Waals surface area (Å²) in [6.45, 7) is 2.60. The standard InChI is InChI=1S/C24H22N2O5S/c1-2-3-11-31-18-9-5-7-16(14-18)21(28)19-20(15-6-4-8-17(27)13-15)26(23(30)22(19)29)24-25-10-12-32-24/h4-10,12-14,20,27-28H,2-3,11H2,1H3. The van der Waals surface area contributed by atoms with E-state index in [0.29, 0.717) is 28.6 Å². The highest BCUT2D eigenvalue weighted by molar-refractivity contribution is 7.14. The minimum absolute atomic E-state index is 0.0152. The molecule has 0 saturated carbocycles. The summed E-state index contributed by atoms with van der Waals surface area (Å²) in [6.07, 6.45) is 3.42. The smallest absolute Gasteiger partial charge is 0.301 e. The Hall–Kier alpha value is -3.65. The Kier molecular flexibility index (Phi) is 6.23. The molecular weight excluding hydrogens is 428 g/mol. The lowest BCUT2D eigenvalue weighted by molar-refractivity contribution is -0.132. The number of aromatic nitrogens is 1. The molecule has 0 aliphatic carbocycles. The molecular formula is C24H22N2O5S. The SMILES string of the molecule is CCCCOc1cccc(C(O)=C2C(=O)C(=O)N(c3nccs3)C2c2cccc(O)c2)c1. The molecule has 1 aromatic heterocycles. The third kappa shape index (κ3) is 4.09. The quantitative estimate of drug-likeness (QED) is 0.235. The van der Waals surface area contributed by atoms with Crippen molar-refractivity contribution in [2.24, 2.45) is 0 Å². The van der Waals surface area contributed by atoms with E-state index in [0.717, 1.165) is 12.8 Å². The van der Waals surface area contributed by atoms with Gasteiger partial charge in [-0.3, -0.25) is 14.5 Å². The number of phenols is 1. The van der Waals surface area contributed by atoms with Crippen LogP contribution in [-0.2, 0) is 9.59 Å². The first-order chi connectivity index (χ1) is 15.5. The molecule has 32 heavy (non-hydrogen) atoms. The number of hydrogen-bond acceptors (Lipinski definition) is 7. The van der Waals surface area contributed by atoms with Crippen LogP contribution in [-0.4, -0.2) is 33.5 Å². The molecule has 1 fully saturated rings. The first-order valence-electron chi connectivity index (χ1n) is 10.2. The molecule has 164 valence electrons. The van der Waals surface area contributed by atoms with Gasteiger partial charge in [0.05, 0.1) is 18.2 Å². The molecule has 7 nitrogen and oxygen atoms in total. The highest BCUT2D eigenvalue weighted by Crippen LogP contribution is 2.43. The van der Waals surface area contributed by atoms with Gasteiger partial charge < -0.3 is 14.9 Å². The van der Waals surface area contributed by atoms with Crippen LogP contribution < -0.4 is 9.64 Å². The van der Waals surface area contributed by atoms with Crippen molar-refractivity contribution in [1.82, 2.24) is 4.98 Å². The second-order valence-electron chi connectivity index (χ2n) is 7.31. The van der Waals surface area contributed by atoms with Crippen LogP contribution in [0.2, 0.25) is 0 Å². The van der Waals surface area contributed by atoms with E-state index in [1.165, 1.54) is 34.6 Å². The van der Waals surface area contributed by atoms with E-state index in [1.54, 1.807) is 41.8 Å². The molecule has 0 bridgehead atoms. The van der Waals surface area contributed by atoms with Crippen LogP contribution >= 0.6 is 11.3 Å². The molecule has 1 atom stereocenters. The first-order valence-corrected chi connectivity index (χ1v) is 11.1. The number of thiazole rings is 1. The van der Waals surface area contributed by atoms with Crippen molar-refractivity contribution in [2.45, 2.75) is 25.8 Å². The van der Waals surface area contributed by atoms with Crippen LogP contribution in [0.1, 0.15) is 36.9 Å². The Morgan fingerprint density at radius 2 is 2.00 bits per heavy atom. The third-order valence-corrected chi connectivity index (χ3v) is 5.90. The molecule has 8 heteroatoms. The van der Waals surface area contributed by atoms with Crippen LogP contribution in [0.4, 0.5) is 5.13 Å². The zero-order valence-electron chi connectivity index (χ0n) is 17.4. The maximum Gasteiger partial charge on any atom is 0.301 e. The number of rotatable bonds is 7. The molecule has 1 amide bonds. The number of anilines is 1. The summed E-state index contributed by atoms with van der Waals surface area (Å²) in [6, 6.07) is 12.1. The molecule has 0 spiro atoms. The zero-order valence-corrected chi connectivity index (χ0v) is 18.2. The van der Waals surface area contributed by atoms with E-state index in [4.69, 9.17) is 4.74 Å². The monoisotopic (exact) mass is 450 g/mol. The topological polar surface area (TPSA) is 100.0 Å². The van der Waals surface area contributed by atoms with Gasteiger partial charge in [0.1, 0.15) is 17.3 Å². The van der Waals surface area contributed by atoms with Crippen molar-refractivity contribution in [3.8, 4) is 11.5 Å². The molecule has 0 radical (unpaired) electrons. The molecule has 1 saturated heterocycles. The van der Waals surface area contributed by atoms with E-state index in [1.807, 2.05) is 0 Å². The Labute approximate surface area is 189 Å². The Bertz CT molecular complexity index is 1170. The molecule has 1 unspecified atom stereocenters. The lowest BCUT2D eigenvalue weighted by atomic mass is 9.95. The van der Waals surface area contributed by atoms with Gasteiger partial charge in [-0.2, -0.15) is 0 Å². The number of ketones is 1. The maximum absolute atomic E-state index is 13.1. The molecule has 2 heterocycles. The van der Waals surface area contributed by atoms with Gasteiger partial charge in [-0.15, -0.1) is 11.3 Å². The van der Waals surface area contributed by atoms with Crippen LogP contribution in [0.25, 0.3) is 5.76 Å². The minimum atomic E-state index is -0.932. The molecule has 1 aliphatic rings. The fourth-order valence-electron chi connectivity index (χ4n) is 3.60. The number of unbranched alkanes of at least 4 members (excludes halogenated alkanes) is 1. The number of ether oxygens (including phenoxy) is 1. The number of Topliss-reactive ketones (excluding diaryl/α,β-unsaturated/α-hetero) is 1. The Balaban J connectivity index is 1.83. The summed E-state index contributed by atoms with van der Waals surface area (Å²) in [5.41, 5.74) is 0.777. The number of aromatic hydroxyl groups is 1. The predicted octanol–water partition coefficient (Wildman–Crippen LogP) is 4.65. The van der Waals surface area contributed by atoms with Crippen LogP contribution in [0.5, 0.6) is 11.5 Å². The van der Waals surface area contributed by atoms with E-state index in [2.05, 4.69) is 11.9 Å². The summed E-state index contributed by atoms with van der Waals surface area (Å²) in [5, 5.41) is 23.2. The van der Waals surface area contributed by atoms with Gasteiger partial charge in [-0.1, -0.05) is 37.6 Å². The molecule has 3 aromatic rings. The second kappa shape index (κ2) is 9.23. The number of amides is 1. The average Bonchev–Trinajstić information content (AvgIpc) is 3.41. The summed E-state index contributed by atoms with van der Waals surface area (Å²) in [4.78, 5) is 31.5. The maximum atomic E-state index is 13.1. The Morgan fingerprint density at radius 3 is 2.72 bits per heavy atom. The van der Waals surface area contributed by atoms with Crippen molar-refractivity contribution in [2.75, 3.05) is 11.5 Å². The molecule has 2 aromatic carbocycles. The van der Waals surface area contributed by atoms with E-state index < -0.39 is 17.7 Å². The third-order valence-electron chi connectivity index (χ3n) is 5.13. The van der Waals surface area contributed by atoms with Gasteiger partial charge in [0.2, 0.25) is 0 Å². The number of aliphatic hydroxyl groups excluding tert-OH is 1. The molecule has 4 rings (SSSR count). The number of carbonyl (C=O) groups is 2. The number of nitrogens with zero attached hydrogens (tertiary/aromatic N) is 2. The second-order valence-corrected chi connectivity index (χ2v) is 8.18. The number of hydrogen-bond donors (Lipinski definition) is 2. The van der Waals surface area contributed by atoms with Gasteiger partial charge in [0.15, 0.2) is 5.13 Å². The van der Waals surface area contributed by atoms with Crippen molar-refractivity contribution >= 4 is 33.9 Å². The molecule has 1 aliphatic heterocycles. The van der Waals surface area contributed by atoms with Crippen LogP contribution in [0.15, 0.2) is 65.7 Å². The normalized spacial score (nSPS) is 17.7. The van der Waals surface area contributed by atoms with Gasteiger partial charge in [-0.25, -0.2) is 4.98 Å². The van der Waals surface area contributed by atoms with Crippen molar-refractivity contribution in [3.05, 3.63) is 76.8 Å². The summed E-state index contributed by atoms with van der Waals surface area (Å²) in [7, 11) is 0. The number of aliphatic hydroxyl groups is 1. The summed E-state index contributed by atoms with van der Waals surface area (Å²) in [5.74, 6) is -1.37. The number of benzene rings is 2. The first kappa shape index (κ1) is 21.6. The average molecular weight is 451 g/mol. The van der Waals surface area contributed by atoms with Crippen molar-refractivity contribution in [3.63, 3.8) is 0 Å². The van der Waals surface area contributed by atoms with E-state index in [9.17, 15) is 19.8 Å². The minimum Gasteiger partial charge on any atom is -0.508 e. The predicted molar refractivity (Wildman–Crippen MR) is 122 cm³/mol. The van der Waals surface area contributed by atoms with Crippen LogP contribution in [0, 0.1) is 0 Å².